The molecule has 0 aliphatic carbocycles. The Morgan fingerprint density at radius 3 is 2.80 bits per heavy atom. The Bertz CT molecular complexity index is 313. The van der Waals surface area contributed by atoms with Crippen molar-refractivity contribution in [3.63, 3.8) is 0 Å². The van der Waals surface area contributed by atoms with Crippen LogP contribution in [0.25, 0.3) is 0 Å². The lowest BCUT2D eigenvalue weighted by molar-refractivity contribution is -0.123. The van der Waals surface area contributed by atoms with E-state index in [-0.39, 0.29) is 11.9 Å². The maximum Gasteiger partial charge on any atom is 0.234 e. The number of nitrogens with two attached hydrogens (primary N) is 1. The zero-order valence-electron chi connectivity index (χ0n) is 9.18. The van der Waals surface area contributed by atoms with Crippen molar-refractivity contribution in [3.8, 4) is 0 Å². The first kappa shape index (κ1) is 11.7. The minimum Gasteiger partial charge on any atom is -0.368 e. The van der Waals surface area contributed by atoms with Crippen LogP contribution in [0.4, 0.5) is 0 Å². The molecule has 1 heterocycles. The predicted molar refractivity (Wildman–Crippen MR) is 59.0 cm³/mol. The van der Waals surface area contributed by atoms with E-state index in [9.17, 15) is 4.79 Å². The molecule has 0 bridgehead atoms. The molecule has 0 aromatic carbocycles. The number of primary amides is 1. The number of carbonyl (C=O) groups excluding carboxylic acids is 1. The van der Waals surface area contributed by atoms with Crippen LogP contribution in [0.5, 0.6) is 0 Å². The molecule has 15 heavy (non-hydrogen) atoms. The van der Waals surface area contributed by atoms with E-state index in [4.69, 9.17) is 5.73 Å². The third-order valence-electron chi connectivity index (χ3n) is 2.38. The van der Waals surface area contributed by atoms with Crippen LogP contribution >= 0.6 is 0 Å². The van der Waals surface area contributed by atoms with Gasteiger partial charge in [-0.2, -0.15) is 0 Å². The Morgan fingerprint density at radius 2 is 2.33 bits per heavy atom. The Hall–Kier alpha value is -1.42. The predicted octanol–water partition coefficient (Wildman–Crippen LogP) is 0.777. The summed E-state index contributed by atoms with van der Waals surface area (Å²) < 4.78 is 0. The summed E-state index contributed by atoms with van der Waals surface area (Å²) in [5.41, 5.74) is 6.24. The average Bonchev–Trinajstić information content (AvgIpc) is 2.19. The van der Waals surface area contributed by atoms with Gasteiger partial charge in [0.15, 0.2) is 0 Å². The highest BCUT2D eigenvalue weighted by Crippen LogP contribution is 2.06. The summed E-state index contributed by atoms with van der Waals surface area (Å²) in [5.74, 6) is -0.282. The molecule has 4 heteroatoms. The molecule has 0 saturated carbocycles. The smallest absolute Gasteiger partial charge is 0.234 e. The van der Waals surface area contributed by atoms with Gasteiger partial charge in [0.1, 0.15) is 0 Å². The number of aromatic nitrogens is 1. The first-order chi connectivity index (χ1) is 7.15. The average molecular weight is 207 g/mol. The van der Waals surface area contributed by atoms with E-state index in [0.29, 0.717) is 6.54 Å². The minimum atomic E-state index is -0.282. The first-order valence-electron chi connectivity index (χ1n) is 5.04. The van der Waals surface area contributed by atoms with Gasteiger partial charge in [0.05, 0.1) is 11.7 Å². The first-order valence-corrected chi connectivity index (χ1v) is 5.04. The van der Waals surface area contributed by atoms with Crippen LogP contribution < -0.4 is 5.73 Å². The monoisotopic (exact) mass is 207 g/mol. The molecule has 1 rings (SSSR count). The van der Waals surface area contributed by atoms with Crippen LogP contribution in [0.1, 0.15) is 19.0 Å². The SMILES string of the molecule is CCC(C(N)=O)N(C)Cc1ccccn1. The van der Waals surface area contributed by atoms with Gasteiger partial charge in [0.25, 0.3) is 0 Å². The molecule has 1 atom stereocenters. The third kappa shape index (κ3) is 3.32. The van der Waals surface area contributed by atoms with Crippen LogP contribution in [0.3, 0.4) is 0 Å². The number of nitrogens with zero attached hydrogens (tertiary/aromatic N) is 2. The largest absolute Gasteiger partial charge is 0.368 e. The Kier molecular flexibility index (Phi) is 4.24. The molecule has 0 fully saturated rings. The van der Waals surface area contributed by atoms with Crippen LogP contribution in [0.15, 0.2) is 24.4 Å². The number of amides is 1. The fraction of sp³-hybridized carbons (Fsp3) is 0.455. The van der Waals surface area contributed by atoms with Gasteiger partial charge in [-0.25, -0.2) is 0 Å². The van der Waals surface area contributed by atoms with Crippen LogP contribution in [-0.4, -0.2) is 28.9 Å². The summed E-state index contributed by atoms with van der Waals surface area (Å²) in [6.07, 6.45) is 2.47. The van der Waals surface area contributed by atoms with Gasteiger partial charge in [-0.05, 0) is 25.6 Å². The second-order valence-electron chi connectivity index (χ2n) is 3.56. The number of pyridine rings is 1. The molecule has 0 aliphatic rings. The zero-order chi connectivity index (χ0) is 11.3. The molecule has 1 amide bonds. The fourth-order valence-electron chi connectivity index (χ4n) is 1.59. The maximum absolute atomic E-state index is 11.1. The molecular weight excluding hydrogens is 190 g/mol. The lowest BCUT2D eigenvalue weighted by Crippen LogP contribution is -2.41. The molecule has 0 saturated heterocycles. The molecule has 1 aromatic rings. The van der Waals surface area contributed by atoms with Crippen molar-refractivity contribution in [1.29, 1.82) is 0 Å². The number of likely N-dealkylation sites (N-methyl/N-ethyl adjacent to an activating group) is 1. The van der Waals surface area contributed by atoms with Gasteiger partial charge >= 0.3 is 0 Å². The third-order valence-corrected chi connectivity index (χ3v) is 2.38. The summed E-state index contributed by atoms with van der Waals surface area (Å²) in [6, 6.07) is 5.52. The lowest BCUT2D eigenvalue weighted by Gasteiger charge is -2.23. The Morgan fingerprint density at radius 1 is 1.60 bits per heavy atom. The molecule has 1 aromatic heterocycles. The van der Waals surface area contributed by atoms with Crippen molar-refractivity contribution in [2.45, 2.75) is 25.9 Å². The minimum absolute atomic E-state index is 0.216. The van der Waals surface area contributed by atoms with E-state index in [1.165, 1.54) is 0 Å². The van der Waals surface area contributed by atoms with Crippen LogP contribution in [0, 0.1) is 0 Å². The van der Waals surface area contributed by atoms with E-state index in [0.717, 1.165) is 12.1 Å². The summed E-state index contributed by atoms with van der Waals surface area (Å²) in [6.45, 7) is 2.59. The van der Waals surface area contributed by atoms with Gasteiger partial charge in [0, 0.05) is 12.7 Å². The second kappa shape index (κ2) is 5.46. The molecule has 0 radical (unpaired) electrons. The van der Waals surface area contributed by atoms with E-state index >= 15 is 0 Å². The number of carbonyl (C=O) groups is 1. The van der Waals surface area contributed by atoms with Crippen molar-refractivity contribution < 1.29 is 4.79 Å². The van der Waals surface area contributed by atoms with Crippen molar-refractivity contribution in [2.75, 3.05) is 7.05 Å². The van der Waals surface area contributed by atoms with Crippen molar-refractivity contribution >= 4 is 5.91 Å². The zero-order valence-corrected chi connectivity index (χ0v) is 9.18. The highest BCUT2D eigenvalue weighted by molar-refractivity contribution is 5.79. The lowest BCUT2D eigenvalue weighted by atomic mass is 10.2. The molecular formula is C11H17N3O. The van der Waals surface area contributed by atoms with E-state index in [1.54, 1.807) is 6.20 Å². The van der Waals surface area contributed by atoms with Crippen LogP contribution in [-0.2, 0) is 11.3 Å². The summed E-state index contributed by atoms with van der Waals surface area (Å²) in [5, 5.41) is 0. The Labute approximate surface area is 90.1 Å². The number of hydrogen-bond acceptors (Lipinski definition) is 3. The molecule has 4 nitrogen and oxygen atoms in total. The van der Waals surface area contributed by atoms with Crippen molar-refractivity contribution in [1.82, 2.24) is 9.88 Å². The maximum atomic E-state index is 11.1. The van der Waals surface area contributed by atoms with E-state index in [1.807, 2.05) is 37.1 Å². The molecule has 0 aliphatic heterocycles. The summed E-state index contributed by atoms with van der Waals surface area (Å²) in [4.78, 5) is 17.2. The molecule has 2 N–H and O–H groups in total. The van der Waals surface area contributed by atoms with Crippen LogP contribution in [0.2, 0.25) is 0 Å². The highest BCUT2D eigenvalue weighted by atomic mass is 16.1. The standard InChI is InChI=1S/C11H17N3O/c1-3-10(11(12)15)14(2)8-9-6-4-5-7-13-9/h4-7,10H,3,8H2,1-2H3,(H2,12,15). The van der Waals surface area contributed by atoms with Crippen molar-refractivity contribution in [2.24, 2.45) is 5.73 Å². The number of rotatable bonds is 5. The molecule has 0 spiro atoms. The Balaban J connectivity index is 2.62. The topological polar surface area (TPSA) is 59.2 Å². The molecule has 82 valence electrons. The van der Waals surface area contributed by atoms with Gasteiger partial charge in [-0.1, -0.05) is 13.0 Å². The quantitative estimate of drug-likeness (QED) is 0.776. The van der Waals surface area contributed by atoms with Crippen molar-refractivity contribution in [3.05, 3.63) is 30.1 Å². The fourth-order valence-corrected chi connectivity index (χ4v) is 1.59. The van der Waals surface area contributed by atoms with E-state index in [2.05, 4.69) is 4.98 Å². The van der Waals surface area contributed by atoms with Gasteiger partial charge in [0.2, 0.25) is 5.91 Å². The van der Waals surface area contributed by atoms with E-state index < -0.39 is 0 Å². The normalized spacial score (nSPS) is 12.7. The van der Waals surface area contributed by atoms with Gasteiger partial charge in [-0.15, -0.1) is 0 Å². The number of hydrogen-bond donors (Lipinski definition) is 1. The van der Waals surface area contributed by atoms with Gasteiger partial charge < -0.3 is 5.73 Å². The highest BCUT2D eigenvalue weighted by Gasteiger charge is 2.18. The van der Waals surface area contributed by atoms with Gasteiger partial charge in [-0.3, -0.25) is 14.7 Å². The second-order valence-corrected chi connectivity index (χ2v) is 3.56. The summed E-state index contributed by atoms with van der Waals surface area (Å²) in [7, 11) is 1.88. The molecule has 1 unspecified atom stereocenters. The summed E-state index contributed by atoms with van der Waals surface area (Å²) >= 11 is 0.